The van der Waals surface area contributed by atoms with E-state index in [2.05, 4.69) is 47.2 Å². The van der Waals surface area contributed by atoms with Gasteiger partial charge in [-0.1, -0.05) is 30.3 Å². The van der Waals surface area contributed by atoms with Gasteiger partial charge in [-0.2, -0.15) is 0 Å². The molecular formula is C11H9S+. The van der Waals surface area contributed by atoms with E-state index >= 15 is 0 Å². The molecule has 1 aromatic carbocycles. The molecule has 0 aliphatic carbocycles. The fourth-order valence-electron chi connectivity index (χ4n) is 1.14. The minimum absolute atomic E-state index is 1.29. The number of rotatable bonds is 1. The molecule has 0 bridgehead atoms. The smallest absolute Gasteiger partial charge is 0.0622 e. The van der Waals surface area contributed by atoms with Crippen LogP contribution in [0.3, 0.4) is 0 Å². The Morgan fingerprint density at radius 2 is 1.50 bits per heavy atom. The second kappa shape index (κ2) is 3.46. The Labute approximate surface area is 76.1 Å². The lowest BCUT2D eigenvalue weighted by Crippen LogP contribution is -1.72. The first-order chi connectivity index (χ1) is 5.97. The van der Waals surface area contributed by atoms with Gasteiger partial charge in [0.15, 0.2) is 5.38 Å². The van der Waals surface area contributed by atoms with Crippen molar-refractivity contribution in [3.63, 3.8) is 0 Å². The van der Waals surface area contributed by atoms with E-state index in [0.29, 0.717) is 0 Å². The van der Waals surface area contributed by atoms with Crippen molar-refractivity contribution in [2.24, 2.45) is 0 Å². The average molecular weight is 173 g/mol. The predicted octanol–water partition coefficient (Wildman–Crippen LogP) is 3.70. The quantitative estimate of drug-likeness (QED) is 0.577. The van der Waals surface area contributed by atoms with Crippen LogP contribution < -0.4 is 0 Å². The van der Waals surface area contributed by atoms with Crippen LogP contribution in [0.2, 0.25) is 0 Å². The van der Waals surface area contributed by atoms with Crippen LogP contribution in [0.25, 0.3) is 11.1 Å². The van der Waals surface area contributed by atoms with Gasteiger partial charge in [-0.25, -0.2) is 0 Å². The van der Waals surface area contributed by atoms with Crippen molar-refractivity contribution in [3.05, 3.63) is 53.2 Å². The molecule has 12 heavy (non-hydrogen) atoms. The molecule has 2 aromatic rings. The molecule has 0 aliphatic rings. The zero-order valence-corrected chi connectivity index (χ0v) is 7.42. The van der Waals surface area contributed by atoms with E-state index in [-0.39, 0.29) is 0 Å². The van der Waals surface area contributed by atoms with E-state index in [1.165, 1.54) is 11.1 Å². The van der Waals surface area contributed by atoms with Crippen LogP contribution in [0.5, 0.6) is 0 Å². The van der Waals surface area contributed by atoms with E-state index in [4.69, 9.17) is 0 Å². The molecular weight excluding hydrogens is 164 g/mol. The molecule has 0 nitrogen and oxygen atoms in total. The van der Waals surface area contributed by atoms with Crippen LogP contribution >= 0.6 is 11.3 Å². The third-order valence-electron chi connectivity index (χ3n) is 1.74. The van der Waals surface area contributed by atoms with E-state index in [1.807, 2.05) is 6.07 Å². The topological polar surface area (TPSA) is 0 Å². The first-order valence-electron chi connectivity index (χ1n) is 3.88. The highest BCUT2D eigenvalue weighted by Gasteiger charge is 1.98. The second-order valence-electron chi connectivity index (χ2n) is 2.57. The minimum Gasteiger partial charge on any atom is -0.0622 e. The monoisotopic (exact) mass is 173 g/mol. The van der Waals surface area contributed by atoms with Crippen LogP contribution in [-0.4, -0.2) is 0 Å². The Balaban J connectivity index is 2.46. The summed E-state index contributed by atoms with van der Waals surface area (Å²) in [6.07, 6.45) is 0. The van der Waals surface area contributed by atoms with E-state index in [0.717, 1.165) is 0 Å². The lowest BCUT2D eigenvalue weighted by atomic mass is 10.1. The van der Waals surface area contributed by atoms with Crippen LogP contribution in [-0.2, 0) is 0 Å². The minimum atomic E-state index is 1.29. The highest BCUT2D eigenvalue weighted by molar-refractivity contribution is 7.07. The molecule has 2 rings (SSSR count). The molecule has 0 atom stereocenters. The first-order valence-corrected chi connectivity index (χ1v) is 4.82. The maximum atomic E-state index is 2.16. The summed E-state index contributed by atoms with van der Waals surface area (Å²) >= 11 is 1.72. The molecule has 0 saturated heterocycles. The van der Waals surface area contributed by atoms with Crippen molar-refractivity contribution in [2.45, 2.75) is 0 Å². The fraction of sp³-hybridized carbons (Fsp3) is 0. The van der Waals surface area contributed by atoms with Crippen molar-refractivity contribution < 1.29 is 0 Å². The number of hydrogen-bond acceptors (Lipinski definition) is 0. The Morgan fingerprint density at radius 3 is 2.17 bits per heavy atom. The predicted molar refractivity (Wildman–Crippen MR) is 54.2 cm³/mol. The lowest BCUT2D eigenvalue weighted by molar-refractivity contribution is 1.66. The van der Waals surface area contributed by atoms with Gasteiger partial charge in [0.05, 0.1) is 0 Å². The van der Waals surface area contributed by atoms with Crippen molar-refractivity contribution in [2.75, 3.05) is 0 Å². The molecule has 0 amide bonds. The lowest BCUT2D eigenvalue weighted by Gasteiger charge is -1.94. The van der Waals surface area contributed by atoms with Crippen LogP contribution in [0, 0.1) is 0 Å². The van der Waals surface area contributed by atoms with Gasteiger partial charge in [-0.15, -0.1) is 0 Å². The molecule has 0 radical (unpaired) electrons. The molecule has 0 saturated carbocycles. The maximum absolute atomic E-state index is 2.16. The van der Waals surface area contributed by atoms with Crippen molar-refractivity contribution in [1.82, 2.24) is 0 Å². The maximum Gasteiger partial charge on any atom is 0.212 e. The molecule has 0 aliphatic heterocycles. The Morgan fingerprint density at radius 1 is 0.750 bits per heavy atom. The molecule has 1 heterocycles. The zero-order valence-electron chi connectivity index (χ0n) is 6.60. The van der Waals surface area contributed by atoms with Gasteiger partial charge in [0.2, 0.25) is 16.7 Å². The summed E-state index contributed by atoms with van der Waals surface area (Å²) in [7, 11) is 0. The Bertz CT molecular complexity index is 302. The van der Waals surface area contributed by atoms with Gasteiger partial charge in [0, 0.05) is 5.56 Å². The van der Waals surface area contributed by atoms with Gasteiger partial charge in [-0.3, -0.25) is 0 Å². The van der Waals surface area contributed by atoms with Crippen LogP contribution in [0.1, 0.15) is 0 Å². The molecule has 1 aromatic heterocycles. The summed E-state index contributed by atoms with van der Waals surface area (Å²) in [6.45, 7) is 0. The Kier molecular flexibility index (Phi) is 2.14. The highest BCUT2D eigenvalue weighted by atomic mass is 32.1. The molecule has 1 heteroatoms. The third kappa shape index (κ3) is 1.51. The Hall–Kier alpha value is -1.21. The fourth-order valence-corrected chi connectivity index (χ4v) is 1.74. The van der Waals surface area contributed by atoms with Crippen LogP contribution in [0.15, 0.2) is 53.2 Å². The van der Waals surface area contributed by atoms with E-state index in [9.17, 15) is 0 Å². The van der Waals surface area contributed by atoms with Gasteiger partial charge in [-0.05, 0) is 17.7 Å². The van der Waals surface area contributed by atoms with E-state index < -0.39 is 0 Å². The highest BCUT2D eigenvalue weighted by Crippen LogP contribution is 2.19. The molecule has 0 unspecified atom stereocenters. The third-order valence-corrected chi connectivity index (χ3v) is 2.44. The molecule has 0 spiro atoms. The molecule has 58 valence electrons. The zero-order chi connectivity index (χ0) is 8.23. The summed E-state index contributed by atoms with van der Waals surface area (Å²) in [5, 5.41) is 4.24. The van der Waals surface area contributed by atoms with Gasteiger partial charge < -0.3 is 0 Å². The second-order valence-corrected chi connectivity index (χ2v) is 3.35. The largest absolute Gasteiger partial charge is 0.212 e. The van der Waals surface area contributed by atoms with Gasteiger partial charge in [0.1, 0.15) is 0 Å². The normalized spacial score (nSPS) is 9.67. The number of benzene rings is 1. The summed E-state index contributed by atoms with van der Waals surface area (Å²) < 4.78 is 0. The standard InChI is InChI=1S/C11H9S/c1-2-5-10(6-3-1)11-7-4-8-12-9-11/h1-9H/q+1. The van der Waals surface area contributed by atoms with Crippen LogP contribution in [0.4, 0.5) is 0 Å². The summed E-state index contributed by atoms with van der Waals surface area (Å²) in [5.41, 5.74) is 2.58. The summed E-state index contributed by atoms with van der Waals surface area (Å²) in [6, 6.07) is 14.6. The van der Waals surface area contributed by atoms with Gasteiger partial charge >= 0.3 is 0 Å². The average Bonchev–Trinajstić information content (AvgIpc) is 2.21. The van der Waals surface area contributed by atoms with Gasteiger partial charge in [0.25, 0.3) is 0 Å². The number of hydrogen-bond donors (Lipinski definition) is 0. The summed E-state index contributed by atoms with van der Waals surface area (Å²) in [4.78, 5) is 0. The summed E-state index contributed by atoms with van der Waals surface area (Å²) in [5.74, 6) is 0. The molecule has 0 N–H and O–H groups in total. The van der Waals surface area contributed by atoms with Crippen molar-refractivity contribution in [3.8, 4) is 11.1 Å². The van der Waals surface area contributed by atoms with Crippen molar-refractivity contribution >= 4 is 11.3 Å². The van der Waals surface area contributed by atoms with Crippen molar-refractivity contribution in [1.29, 1.82) is 0 Å². The molecule has 0 fully saturated rings. The first kappa shape index (κ1) is 7.44. The SMILES string of the molecule is c1ccc(-c2ccc[s+]c2)cc1. The van der Waals surface area contributed by atoms with E-state index in [1.54, 1.807) is 11.3 Å².